The minimum atomic E-state index is 0. The largest absolute Gasteiger partial charge is 0.497 e. The molecule has 4 nitrogen and oxygen atoms in total. The summed E-state index contributed by atoms with van der Waals surface area (Å²) >= 11 is 0. The van der Waals surface area contributed by atoms with Crippen molar-refractivity contribution in [3.63, 3.8) is 0 Å². The number of para-hydroxylation sites is 1. The third-order valence-electron chi connectivity index (χ3n) is 3.41. The number of ether oxygens (including phenoxy) is 1. The number of aromatic nitrogens is 3. The van der Waals surface area contributed by atoms with E-state index >= 15 is 0 Å². The van der Waals surface area contributed by atoms with Gasteiger partial charge in [0.1, 0.15) is 11.6 Å². The summed E-state index contributed by atoms with van der Waals surface area (Å²) in [6, 6.07) is 18.1. The van der Waals surface area contributed by atoms with Crippen LogP contribution in [-0.2, 0) is 6.42 Å². The zero-order valence-corrected chi connectivity index (χ0v) is 13.4. The van der Waals surface area contributed by atoms with Gasteiger partial charge in [-0.05, 0) is 36.4 Å². The molecule has 1 heterocycles. The highest BCUT2D eigenvalue weighted by Gasteiger charge is 2.14. The number of nitrogens with zero attached hydrogens (tertiary/aromatic N) is 3. The molecule has 0 N–H and O–H groups in total. The van der Waals surface area contributed by atoms with Crippen LogP contribution >= 0.6 is 12.4 Å². The molecule has 0 aliphatic heterocycles. The molecule has 0 saturated carbocycles. The van der Waals surface area contributed by atoms with Crippen LogP contribution in [0.5, 0.6) is 5.75 Å². The highest BCUT2D eigenvalue weighted by atomic mass is 35.5. The number of aryl methyl sites for hydroxylation is 1. The molecule has 22 heavy (non-hydrogen) atoms. The second-order valence-corrected chi connectivity index (χ2v) is 4.69. The summed E-state index contributed by atoms with van der Waals surface area (Å²) in [5, 5.41) is 8.67. The molecule has 0 amide bonds. The zero-order valence-electron chi connectivity index (χ0n) is 12.6. The fraction of sp³-hybridized carbons (Fsp3) is 0.176. The quantitative estimate of drug-likeness (QED) is 0.732. The van der Waals surface area contributed by atoms with Crippen LogP contribution in [0.4, 0.5) is 0 Å². The Morgan fingerprint density at radius 2 is 1.64 bits per heavy atom. The molecular formula is C17H18ClN3O. The summed E-state index contributed by atoms with van der Waals surface area (Å²) in [5.74, 6) is 2.63. The Hall–Kier alpha value is -2.33. The fourth-order valence-corrected chi connectivity index (χ4v) is 2.32. The van der Waals surface area contributed by atoms with Gasteiger partial charge in [0.05, 0.1) is 7.11 Å². The van der Waals surface area contributed by atoms with Crippen molar-refractivity contribution in [1.82, 2.24) is 14.8 Å². The first kappa shape index (κ1) is 16.0. The van der Waals surface area contributed by atoms with Crippen LogP contribution in [0.25, 0.3) is 17.1 Å². The summed E-state index contributed by atoms with van der Waals surface area (Å²) in [7, 11) is 1.66. The molecule has 0 radical (unpaired) electrons. The van der Waals surface area contributed by atoms with Crippen LogP contribution in [0.1, 0.15) is 12.7 Å². The third kappa shape index (κ3) is 2.97. The van der Waals surface area contributed by atoms with Crippen molar-refractivity contribution in [2.24, 2.45) is 0 Å². The van der Waals surface area contributed by atoms with Crippen LogP contribution in [0.15, 0.2) is 54.6 Å². The van der Waals surface area contributed by atoms with Crippen molar-refractivity contribution in [3.8, 4) is 22.8 Å². The van der Waals surface area contributed by atoms with Gasteiger partial charge in [-0.15, -0.1) is 22.6 Å². The summed E-state index contributed by atoms with van der Waals surface area (Å²) in [6.07, 6.45) is 0.831. The van der Waals surface area contributed by atoms with E-state index in [1.807, 2.05) is 42.5 Å². The first-order valence-electron chi connectivity index (χ1n) is 6.97. The Morgan fingerprint density at radius 3 is 2.23 bits per heavy atom. The third-order valence-corrected chi connectivity index (χ3v) is 3.41. The molecular weight excluding hydrogens is 298 g/mol. The van der Waals surface area contributed by atoms with Gasteiger partial charge in [-0.3, -0.25) is 4.57 Å². The fourth-order valence-electron chi connectivity index (χ4n) is 2.32. The Labute approximate surface area is 136 Å². The lowest BCUT2D eigenvalue weighted by molar-refractivity contribution is 0.415. The summed E-state index contributed by atoms with van der Waals surface area (Å²) in [5.41, 5.74) is 2.09. The van der Waals surface area contributed by atoms with E-state index in [-0.39, 0.29) is 12.4 Å². The van der Waals surface area contributed by atoms with Crippen LogP contribution < -0.4 is 4.74 Å². The monoisotopic (exact) mass is 315 g/mol. The average molecular weight is 316 g/mol. The first-order valence-corrected chi connectivity index (χ1v) is 6.97. The van der Waals surface area contributed by atoms with Crippen molar-refractivity contribution in [2.45, 2.75) is 13.3 Å². The maximum Gasteiger partial charge on any atom is 0.168 e. The normalized spacial score (nSPS) is 10.1. The van der Waals surface area contributed by atoms with E-state index in [4.69, 9.17) is 4.74 Å². The SMILES string of the molecule is CCc1nnc(-c2ccc(OC)cc2)n1-c1ccccc1.Cl. The van der Waals surface area contributed by atoms with E-state index in [1.165, 1.54) is 0 Å². The van der Waals surface area contributed by atoms with Gasteiger partial charge in [0, 0.05) is 17.7 Å². The predicted molar refractivity (Wildman–Crippen MR) is 90.0 cm³/mol. The molecule has 0 aliphatic rings. The smallest absolute Gasteiger partial charge is 0.168 e. The maximum absolute atomic E-state index is 5.20. The van der Waals surface area contributed by atoms with Crippen molar-refractivity contribution in [2.75, 3.05) is 7.11 Å². The van der Waals surface area contributed by atoms with Crippen LogP contribution in [0.3, 0.4) is 0 Å². The van der Waals surface area contributed by atoms with Gasteiger partial charge in [0.15, 0.2) is 5.82 Å². The topological polar surface area (TPSA) is 39.9 Å². The van der Waals surface area contributed by atoms with Crippen LogP contribution in [0.2, 0.25) is 0 Å². The molecule has 114 valence electrons. The van der Waals surface area contributed by atoms with Crippen molar-refractivity contribution < 1.29 is 4.74 Å². The van der Waals surface area contributed by atoms with Crippen molar-refractivity contribution >= 4 is 12.4 Å². The maximum atomic E-state index is 5.20. The van der Waals surface area contributed by atoms with Gasteiger partial charge in [-0.25, -0.2) is 0 Å². The van der Waals surface area contributed by atoms with Gasteiger partial charge in [0.2, 0.25) is 0 Å². The van der Waals surface area contributed by atoms with Crippen molar-refractivity contribution in [3.05, 3.63) is 60.4 Å². The summed E-state index contributed by atoms with van der Waals surface area (Å²) in [4.78, 5) is 0. The zero-order chi connectivity index (χ0) is 14.7. The molecule has 0 fully saturated rings. The molecule has 5 heteroatoms. The van der Waals surface area contributed by atoms with E-state index in [0.717, 1.165) is 35.1 Å². The highest BCUT2D eigenvalue weighted by molar-refractivity contribution is 5.85. The lowest BCUT2D eigenvalue weighted by atomic mass is 10.2. The Balaban J connectivity index is 0.00000176. The number of hydrogen-bond acceptors (Lipinski definition) is 3. The first-order chi connectivity index (χ1) is 10.3. The molecule has 1 aromatic heterocycles. The molecule has 2 aromatic carbocycles. The standard InChI is InChI=1S/C17H17N3O.ClH/c1-3-16-18-19-17(13-9-11-15(21-2)12-10-13)20(16)14-7-5-4-6-8-14;/h4-12H,3H2,1-2H3;1H. The van der Waals surface area contributed by atoms with Crippen LogP contribution in [-0.4, -0.2) is 21.9 Å². The molecule has 3 aromatic rings. The van der Waals surface area contributed by atoms with Crippen LogP contribution in [0, 0.1) is 0 Å². The summed E-state index contributed by atoms with van der Waals surface area (Å²) < 4.78 is 7.30. The van der Waals surface area contributed by atoms with E-state index in [2.05, 4.69) is 33.8 Å². The van der Waals surface area contributed by atoms with E-state index in [1.54, 1.807) is 7.11 Å². The molecule has 3 rings (SSSR count). The van der Waals surface area contributed by atoms with Gasteiger partial charge < -0.3 is 4.74 Å². The van der Waals surface area contributed by atoms with E-state index < -0.39 is 0 Å². The highest BCUT2D eigenvalue weighted by Crippen LogP contribution is 2.24. The number of halogens is 1. The second kappa shape index (κ2) is 7.09. The summed E-state index contributed by atoms with van der Waals surface area (Å²) in [6.45, 7) is 2.08. The van der Waals surface area contributed by atoms with Gasteiger partial charge >= 0.3 is 0 Å². The molecule has 0 bridgehead atoms. The molecule has 0 aliphatic carbocycles. The molecule has 0 spiro atoms. The molecule has 0 saturated heterocycles. The average Bonchev–Trinajstić information content (AvgIpc) is 2.99. The Bertz CT molecular complexity index is 723. The Kier molecular flexibility index (Phi) is 5.17. The van der Waals surface area contributed by atoms with E-state index in [9.17, 15) is 0 Å². The molecule has 0 unspecified atom stereocenters. The van der Waals surface area contributed by atoms with Gasteiger partial charge in [-0.1, -0.05) is 25.1 Å². The lowest BCUT2D eigenvalue weighted by Crippen LogP contribution is -2.02. The second-order valence-electron chi connectivity index (χ2n) is 4.69. The predicted octanol–water partition coefficient (Wildman–Crippen LogP) is 3.93. The van der Waals surface area contributed by atoms with Crippen molar-refractivity contribution in [1.29, 1.82) is 0 Å². The lowest BCUT2D eigenvalue weighted by Gasteiger charge is -2.10. The number of benzene rings is 2. The molecule has 0 atom stereocenters. The number of methoxy groups -OCH3 is 1. The van der Waals surface area contributed by atoms with Gasteiger partial charge in [-0.2, -0.15) is 0 Å². The minimum absolute atomic E-state index is 0. The number of rotatable bonds is 4. The minimum Gasteiger partial charge on any atom is -0.497 e. The number of hydrogen-bond donors (Lipinski definition) is 0. The van der Waals surface area contributed by atoms with Gasteiger partial charge in [0.25, 0.3) is 0 Å². The Morgan fingerprint density at radius 1 is 0.955 bits per heavy atom. The van der Waals surface area contributed by atoms with E-state index in [0.29, 0.717) is 0 Å².